The standard InChI is InChI=1S/C7H15S/c1-3-5-7(8)6-4-2/h7-8H,1,3-6H2,2H3. The second kappa shape index (κ2) is 5.49. The lowest BCUT2D eigenvalue weighted by Crippen LogP contribution is -1.95. The lowest BCUT2D eigenvalue weighted by molar-refractivity contribution is 0.695. The van der Waals surface area contributed by atoms with E-state index in [0.29, 0.717) is 5.25 Å². The summed E-state index contributed by atoms with van der Waals surface area (Å²) in [5, 5.41) is 0.595. The molecule has 49 valence electrons. The van der Waals surface area contributed by atoms with Crippen molar-refractivity contribution >= 4 is 12.6 Å². The lowest BCUT2D eigenvalue weighted by Gasteiger charge is -2.04. The minimum atomic E-state index is 0.595. The van der Waals surface area contributed by atoms with Crippen molar-refractivity contribution in [2.45, 2.75) is 37.9 Å². The van der Waals surface area contributed by atoms with Crippen molar-refractivity contribution < 1.29 is 0 Å². The fourth-order valence-corrected chi connectivity index (χ4v) is 1.15. The minimum Gasteiger partial charge on any atom is -0.176 e. The van der Waals surface area contributed by atoms with E-state index in [1.54, 1.807) is 0 Å². The third-order valence-corrected chi connectivity index (χ3v) is 1.68. The summed E-state index contributed by atoms with van der Waals surface area (Å²) >= 11 is 4.35. The third-order valence-electron chi connectivity index (χ3n) is 1.16. The van der Waals surface area contributed by atoms with Crippen LogP contribution in [-0.2, 0) is 0 Å². The van der Waals surface area contributed by atoms with Crippen LogP contribution >= 0.6 is 12.6 Å². The Kier molecular flexibility index (Phi) is 5.73. The largest absolute Gasteiger partial charge is 0.176 e. The summed E-state index contributed by atoms with van der Waals surface area (Å²) in [5.74, 6) is 0. The lowest BCUT2D eigenvalue weighted by atomic mass is 10.2. The molecule has 0 aliphatic rings. The quantitative estimate of drug-likeness (QED) is 0.557. The predicted octanol–water partition coefficient (Wildman–Crippen LogP) is 2.70. The number of hydrogen-bond acceptors (Lipinski definition) is 1. The highest BCUT2D eigenvalue weighted by Gasteiger charge is 1.96. The molecule has 0 N–H and O–H groups in total. The van der Waals surface area contributed by atoms with Gasteiger partial charge >= 0.3 is 0 Å². The zero-order chi connectivity index (χ0) is 6.41. The first-order valence-corrected chi connectivity index (χ1v) is 3.80. The summed E-state index contributed by atoms with van der Waals surface area (Å²) in [6, 6.07) is 0. The van der Waals surface area contributed by atoms with E-state index in [1.165, 1.54) is 12.8 Å². The molecule has 1 heteroatoms. The topological polar surface area (TPSA) is 0 Å². The van der Waals surface area contributed by atoms with Gasteiger partial charge in [0.05, 0.1) is 0 Å². The summed E-state index contributed by atoms with van der Waals surface area (Å²) in [6.07, 6.45) is 4.66. The van der Waals surface area contributed by atoms with Gasteiger partial charge < -0.3 is 0 Å². The molecule has 0 heterocycles. The summed E-state index contributed by atoms with van der Waals surface area (Å²) in [5.41, 5.74) is 0. The van der Waals surface area contributed by atoms with Gasteiger partial charge in [-0.15, -0.1) is 0 Å². The molecule has 0 rings (SSSR count). The van der Waals surface area contributed by atoms with Crippen molar-refractivity contribution in [3.8, 4) is 0 Å². The third kappa shape index (κ3) is 4.51. The van der Waals surface area contributed by atoms with E-state index in [0.717, 1.165) is 12.8 Å². The summed E-state index contributed by atoms with van der Waals surface area (Å²) in [4.78, 5) is 0. The Labute approximate surface area is 58.1 Å². The van der Waals surface area contributed by atoms with E-state index < -0.39 is 0 Å². The van der Waals surface area contributed by atoms with E-state index in [4.69, 9.17) is 0 Å². The van der Waals surface area contributed by atoms with Crippen LogP contribution in [0.5, 0.6) is 0 Å². The molecule has 0 bridgehead atoms. The normalized spacial score (nSPS) is 10.5. The maximum atomic E-state index is 4.35. The van der Waals surface area contributed by atoms with E-state index in [-0.39, 0.29) is 0 Å². The van der Waals surface area contributed by atoms with Gasteiger partial charge in [0, 0.05) is 5.25 Å². The van der Waals surface area contributed by atoms with Crippen LogP contribution in [0.1, 0.15) is 32.6 Å². The molecule has 0 nitrogen and oxygen atoms in total. The van der Waals surface area contributed by atoms with Gasteiger partial charge in [0.1, 0.15) is 0 Å². The molecule has 0 aromatic heterocycles. The van der Waals surface area contributed by atoms with Crippen LogP contribution in [0.15, 0.2) is 0 Å². The Morgan fingerprint density at radius 1 is 1.50 bits per heavy atom. The first-order valence-electron chi connectivity index (χ1n) is 3.28. The van der Waals surface area contributed by atoms with Gasteiger partial charge in [-0.2, -0.15) is 12.6 Å². The van der Waals surface area contributed by atoms with Crippen molar-refractivity contribution in [1.82, 2.24) is 0 Å². The van der Waals surface area contributed by atoms with Crippen LogP contribution in [0.2, 0.25) is 0 Å². The second-order valence-corrected chi connectivity index (χ2v) is 2.82. The Bertz CT molecular complexity index is 37.7. The van der Waals surface area contributed by atoms with Gasteiger partial charge in [0.25, 0.3) is 0 Å². The zero-order valence-electron chi connectivity index (χ0n) is 5.56. The predicted molar refractivity (Wildman–Crippen MR) is 42.3 cm³/mol. The molecule has 0 saturated heterocycles. The van der Waals surface area contributed by atoms with Crippen LogP contribution in [0.25, 0.3) is 0 Å². The first-order chi connectivity index (χ1) is 3.81. The molecule has 0 aromatic carbocycles. The molecule has 1 radical (unpaired) electrons. The summed E-state index contributed by atoms with van der Waals surface area (Å²) < 4.78 is 0. The van der Waals surface area contributed by atoms with Gasteiger partial charge in [-0.3, -0.25) is 0 Å². The van der Waals surface area contributed by atoms with E-state index in [9.17, 15) is 0 Å². The average Bonchev–Trinajstić information content (AvgIpc) is 1.68. The van der Waals surface area contributed by atoms with Crippen molar-refractivity contribution in [3.63, 3.8) is 0 Å². The molecule has 0 amide bonds. The number of rotatable bonds is 4. The van der Waals surface area contributed by atoms with Crippen LogP contribution in [0.3, 0.4) is 0 Å². The van der Waals surface area contributed by atoms with Crippen LogP contribution < -0.4 is 0 Å². The molecule has 0 spiro atoms. The monoisotopic (exact) mass is 131 g/mol. The van der Waals surface area contributed by atoms with Gasteiger partial charge in [-0.05, 0) is 12.8 Å². The van der Waals surface area contributed by atoms with E-state index in [2.05, 4.69) is 26.5 Å². The maximum Gasteiger partial charge on any atom is 0.00167 e. The molecule has 8 heavy (non-hydrogen) atoms. The van der Waals surface area contributed by atoms with Crippen LogP contribution in [0.4, 0.5) is 0 Å². The molecule has 1 unspecified atom stereocenters. The highest BCUT2D eigenvalue weighted by atomic mass is 32.1. The number of thiol groups is 1. The maximum absolute atomic E-state index is 4.35. The van der Waals surface area contributed by atoms with Crippen molar-refractivity contribution in [3.05, 3.63) is 6.92 Å². The SMILES string of the molecule is [CH2]CCC(S)CCC. The smallest absolute Gasteiger partial charge is 0.00167 e. The van der Waals surface area contributed by atoms with Gasteiger partial charge in [0.15, 0.2) is 0 Å². The van der Waals surface area contributed by atoms with Crippen LogP contribution in [-0.4, -0.2) is 5.25 Å². The Balaban J connectivity index is 2.92. The fourth-order valence-electron chi connectivity index (χ4n) is 0.713. The van der Waals surface area contributed by atoms with E-state index in [1.807, 2.05) is 0 Å². The molecule has 0 aliphatic carbocycles. The highest BCUT2D eigenvalue weighted by Crippen LogP contribution is 2.09. The molecule has 0 aliphatic heterocycles. The van der Waals surface area contributed by atoms with Crippen LogP contribution in [0, 0.1) is 6.92 Å². The second-order valence-electron chi connectivity index (χ2n) is 2.08. The van der Waals surface area contributed by atoms with Gasteiger partial charge in [-0.25, -0.2) is 0 Å². The molecule has 0 saturated carbocycles. The summed E-state index contributed by atoms with van der Waals surface area (Å²) in [6.45, 7) is 5.95. The molecule has 0 fully saturated rings. The molecular formula is C7H15S. The fraction of sp³-hybridized carbons (Fsp3) is 0.857. The first kappa shape index (κ1) is 8.35. The zero-order valence-corrected chi connectivity index (χ0v) is 6.45. The van der Waals surface area contributed by atoms with Gasteiger partial charge in [-0.1, -0.05) is 26.7 Å². The Hall–Kier alpha value is 0.350. The van der Waals surface area contributed by atoms with Crippen molar-refractivity contribution in [2.24, 2.45) is 0 Å². The minimum absolute atomic E-state index is 0.595. The molecule has 0 aromatic rings. The Morgan fingerprint density at radius 2 is 2.12 bits per heavy atom. The van der Waals surface area contributed by atoms with E-state index >= 15 is 0 Å². The highest BCUT2D eigenvalue weighted by molar-refractivity contribution is 7.80. The van der Waals surface area contributed by atoms with Crippen molar-refractivity contribution in [1.29, 1.82) is 0 Å². The average molecular weight is 131 g/mol. The Morgan fingerprint density at radius 3 is 2.50 bits per heavy atom. The summed E-state index contributed by atoms with van der Waals surface area (Å²) in [7, 11) is 0. The molecular weight excluding hydrogens is 116 g/mol. The van der Waals surface area contributed by atoms with Gasteiger partial charge in [0.2, 0.25) is 0 Å². The van der Waals surface area contributed by atoms with Crippen molar-refractivity contribution in [2.75, 3.05) is 0 Å². The number of hydrogen-bond donors (Lipinski definition) is 1. The molecule has 1 atom stereocenters.